The molecule has 3 rings (SSSR count). The standard InChI is InChI=1S/C19H19BrN2O4S/c20-17-9-7-14(8-10-17)4-3-11-27(25,26)22-19(18(23)21-24)12-15-5-1-2-6-16(15)13-19/h1-10,22,24H,11-13H2,(H,21,23). The summed E-state index contributed by atoms with van der Waals surface area (Å²) in [6.45, 7) is 0. The van der Waals surface area contributed by atoms with Crippen LogP contribution in [0.25, 0.3) is 6.08 Å². The Balaban J connectivity index is 1.75. The highest BCUT2D eigenvalue weighted by Crippen LogP contribution is 2.31. The second kappa shape index (κ2) is 7.93. The van der Waals surface area contributed by atoms with Crippen molar-refractivity contribution in [3.05, 3.63) is 75.8 Å². The van der Waals surface area contributed by atoms with Crippen LogP contribution in [-0.4, -0.2) is 30.8 Å². The fraction of sp³-hybridized carbons (Fsp3) is 0.211. The fourth-order valence-corrected chi connectivity index (χ4v) is 4.75. The topological polar surface area (TPSA) is 95.5 Å². The molecular weight excluding hydrogens is 432 g/mol. The van der Waals surface area contributed by atoms with Gasteiger partial charge in [0.2, 0.25) is 10.0 Å². The lowest BCUT2D eigenvalue weighted by Crippen LogP contribution is -2.59. The van der Waals surface area contributed by atoms with Crippen LogP contribution >= 0.6 is 15.9 Å². The van der Waals surface area contributed by atoms with Crippen LogP contribution in [0.3, 0.4) is 0 Å². The van der Waals surface area contributed by atoms with E-state index in [4.69, 9.17) is 5.21 Å². The number of hydroxylamine groups is 1. The monoisotopic (exact) mass is 450 g/mol. The largest absolute Gasteiger partial charge is 0.289 e. The van der Waals surface area contributed by atoms with E-state index in [1.165, 1.54) is 6.08 Å². The minimum Gasteiger partial charge on any atom is -0.289 e. The van der Waals surface area contributed by atoms with E-state index in [1.807, 2.05) is 48.5 Å². The molecule has 0 fully saturated rings. The number of hydrogen-bond acceptors (Lipinski definition) is 4. The Hall–Kier alpha value is -2.00. The lowest BCUT2D eigenvalue weighted by atomic mass is 9.96. The summed E-state index contributed by atoms with van der Waals surface area (Å²) in [6, 6.07) is 14.8. The minimum absolute atomic E-state index is 0.186. The molecule has 3 N–H and O–H groups in total. The minimum atomic E-state index is -3.79. The van der Waals surface area contributed by atoms with Gasteiger partial charge >= 0.3 is 0 Å². The molecule has 2 aromatic rings. The first-order valence-corrected chi connectivity index (χ1v) is 10.7. The summed E-state index contributed by atoms with van der Waals surface area (Å²) in [7, 11) is -3.79. The van der Waals surface area contributed by atoms with Gasteiger partial charge < -0.3 is 0 Å². The van der Waals surface area contributed by atoms with E-state index in [9.17, 15) is 13.2 Å². The van der Waals surface area contributed by atoms with Crippen LogP contribution in [0.15, 0.2) is 59.1 Å². The number of amides is 1. The molecule has 0 aromatic heterocycles. The number of hydrogen-bond donors (Lipinski definition) is 3. The molecule has 0 heterocycles. The lowest BCUT2D eigenvalue weighted by molar-refractivity contribution is -0.135. The van der Waals surface area contributed by atoms with Gasteiger partial charge in [0.15, 0.2) is 0 Å². The molecule has 0 spiro atoms. The number of carbonyl (C=O) groups is 1. The lowest BCUT2D eigenvalue weighted by Gasteiger charge is -2.27. The molecule has 1 aliphatic carbocycles. The van der Waals surface area contributed by atoms with E-state index in [0.717, 1.165) is 21.2 Å². The molecule has 1 aliphatic rings. The van der Waals surface area contributed by atoms with E-state index < -0.39 is 21.5 Å². The van der Waals surface area contributed by atoms with Crippen molar-refractivity contribution in [2.24, 2.45) is 0 Å². The molecule has 27 heavy (non-hydrogen) atoms. The molecule has 1 amide bonds. The maximum absolute atomic E-state index is 12.6. The zero-order valence-electron chi connectivity index (χ0n) is 14.4. The maximum Gasteiger partial charge on any atom is 0.265 e. The molecular formula is C19H19BrN2O4S. The SMILES string of the molecule is O=C(NO)C1(NS(=O)(=O)CC=Cc2ccc(Br)cc2)Cc2ccccc2C1. The van der Waals surface area contributed by atoms with Gasteiger partial charge in [0, 0.05) is 17.3 Å². The van der Waals surface area contributed by atoms with E-state index in [0.29, 0.717) is 0 Å². The average Bonchev–Trinajstić information content (AvgIpc) is 3.01. The van der Waals surface area contributed by atoms with Gasteiger partial charge in [0.1, 0.15) is 5.54 Å². The summed E-state index contributed by atoms with van der Waals surface area (Å²) in [6.07, 6.45) is 3.60. The summed E-state index contributed by atoms with van der Waals surface area (Å²) < 4.78 is 28.6. The predicted molar refractivity (Wildman–Crippen MR) is 107 cm³/mol. The van der Waals surface area contributed by atoms with Gasteiger partial charge in [-0.15, -0.1) is 0 Å². The molecule has 2 aromatic carbocycles. The Labute approximate surface area is 166 Å². The van der Waals surface area contributed by atoms with Crippen molar-refractivity contribution in [2.45, 2.75) is 18.4 Å². The van der Waals surface area contributed by atoms with E-state index in [1.54, 1.807) is 11.6 Å². The third-order valence-electron chi connectivity index (χ3n) is 4.49. The maximum atomic E-state index is 12.6. The van der Waals surface area contributed by atoms with Gasteiger partial charge in [-0.05, 0) is 28.8 Å². The molecule has 6 nitrogen and oxygen atoms in total. The van der Waals surface area contributed by atoms with Crippen molar-refractivity contribution < 1.29 is 18.4 Å². The Morgan fingerprint density at radius 3 is 2.26 bits per heavy atom. The van der Waals surface area contributed by atoms with Crippen molar-refractivity contribution in [1.82, 2.24) is 10.2 Å². The Morgan fingerprint density at radius 1 is 1.11 bits per heavy atom. The first-order valence-electron chi connectivity index (χ1n) is 8.29. The van der Waals surface area contributed by atoms with Gasteiger partial charge in [-0.1, -0.05) is 64.5 Å². The van der Waals surface area contributed by atoms with Crippen molar-refractivity contribution >= 4 is 37.9 Å². The highest BCUT2D eigenvalue weighted by Gasteiger charge is 2.46. The highest BCUT2D eigenvalue weighted by molar-refractivity contribution is 9.10. The van der Waals surface area contributed by atoms with Crippen molar-refractivity contribution in [2.75, 3.05) is 5.75 Å². The third-order valence-corrected chi connectivity index (χ3v) is 6.35. The Morgan fingerprint density at radius 2 is 1.70 bits per heavy atom. The number of halogens is 1. The number of carbonyl (C=O) groups excluding carboxylic acids is 1. The van der Waals surface area contributed by atoms with Gasteiger partial charge in [-0.25, -0.2) is 13.9 Å². The summed E-state index contributed by atoms with van der Waals surface area (Å²) in [5.41, 5.74) is 2.81. The molecule has 0 aliphatic heterocycles. The summed E-state index contributed by atoms with van der Waals surface area (Å²) in [4.78, 5) is 12.3. The summed E-state index contributed by atoms with van der Waals surface area (Å²) >= 11 is 3.34. The molecule has 0 saturated heterocycles. The Kier molecular flexibility index (Phi) is 5.81. The van der Waals surface area contributed by atoms with Crippen LogP contribution in [0, 0.1) is 0 Å². The number of rotatable bonds is 6. The van der Waals surface area contributed by atoms with Crippen LogP contribution in [-0.2, 0) is 27.7 Å². The van der Waals surface area contributed by atoms with Gasteiger partial charge in [0.05, 0.1) is 5.75 Å². The van der Waals surface area contributed by atoms with Crippen LogP contribution in [0.1, 0.15) is 16.7 Å². The number of nitrogens with one attached hydrogen (secondary N) is 2. The first kappa shape index (κ1) is 19.8. The van der Waals surface area contributed by atoms with Gasteiger partial charge in [0.25, 0.3) is 5.91 Å². The van der Waals surface area contributed by atoms with Crippen LogP contribution in [0.2, 0.25) is 0 Å². The fourth-order valence-electron chi connectivity index (χ4n) is 3.23. The van der Waals surface area contributed by atoms with Crippen molar-refractivity contribution in [3.63, 3.8) is 0 Å². The molecule has 0 radical (unpaired) electrons. The molecule has 142 valence electrons. The second-order valence-corrected chi connectivity index (χ2v) is 9.17. The van der Waals surface area contributed by atoms with Crippen molar-refractivity contribution in [3.8, 4) is 0 Å². The zero-order chi connectivity index (χ0) is 19.5. The number of fused-ring (bicyclic) bond motifs is 1. The van der Waals surface area contributed by atoms with Crippen LogP contribution in [0.4, 0.5) is 0 Å². The van der Waals surface area contributed by atoms with E-state index in [-0.39, 0.29) is 18.6 Å². The normalized spacial score (nSPS) is 15.6. The molecule has 8 heteroatoms. The van der Waals surface area contributed by atoms with Gasteiger partial charge in [-0.2, -0.15) is 4.72 Å². The Bertz CT molecular complexity index is 946. The average molecular weight is 451 g/mol. The quantitative estimate of drug-likeness (QED) is 0.465. The van der Waals surface area contributed by atoms with E-state index >= 15 is 0 Å². The molecule has 0 atom stereocenters. The van der Waals surface area contributed by atoms with E-state index in [2.05, 4.69) is 20.7 Å². The van der Waals surface area contributed by atoms with Crippen LogP contribution in [0.5, 0.6) is 0 Å². The van der Waals surface area contributed by atoms with Gasteiger partial charge in [-0.3, -0.25) is 10.0 Å². The van der Waals surface area contributed by atoms with Crippen molar-refractivity contribution in [1.29, 1.82) is 0 Å². The molecule has 0 saturated carbocycles. The highest BCUT2D eigenvalue weighted by atomic mass is 79.9. The smallest absolute Gasteiger partial charge is 0.265 e. The molecule has 0 bridgehead atoms. The molecule has 0 unspecified atom stereocenters. The number of sulfonamides is 1. The second-order valence-electron chi connectivity index (χ2n) is 6.48. The predicted octanol–water partition coefficient (Wildman–Crippen LogP) is 2.42. The van der Waals surface area contributed by atoms with Crippen LogP contribution < -0.4 is 10.2 Å². The number of benzene rings is 2. The first-order chi connectivity index (χ1) is 12.8. The zero-order valence-corrected chi connectivity index (χ0v) is 16.8. The summed E-state index contributed by atoms with van der Waals surface area (Å²) in [5.74, 6) is -1.04. The third kappa shape index (κ3) is 4.65. The summed E-state index contributed by atoms with van der Waals surface area (Å²) in [5, 5.41) is 9.13.